The molecule has 0 aliphatic carbocycles. The zero-order valence-corrected chi connectivity index (χ0v) is 17.4. The van der Waals surface area contributed by atoms with E-state index in [4.69, 9.17) is 16.3 Å². The van der Waals surface area contributed by atoms with Gasteiger partial charge in [0.1, 0.15) is 10.7 Å². The van der Waals surface area contributed by atoms with Crippen LogP contribution in [0.25, 0.3) is 6.08 Å². The fourth-order valence-electron chi connectivity index (χ4n) is 3.04. The lowest BCUT2D eigenvalue weighted by Crippen LogP contribution is -2.38. The Morgan fingerprint density at radius 3 is 2.60 bits per heavy atom. The van der Waals surface area contributed by atoms with Crippen molar-refractivity contribution >= 4 is 35.2 Å². The lowest BCUT2D eigenvalue weighted by Gasteiger charge is -2.26. The number of ether oxygens (including phenoxy) is 1. The number of nitrogens with one attached hydrogen (secondary N) is 2. The number of hydrogen-bond acceptors (Lipinski definition) is 5. The molecule has 0 bridgehead atoms. The first kappa shape index (κ1) is 22.0. The first-order valence-corrected chi connectivity index (χ1v) is 10.3. The predicted octanol–water partition coefficient (Wildman–Crippen LogP) is 2.60. The summed E-state index contributed by atoms with van der Waals surface area (Å²) in [4.78, 5) is 31.9. The predicted molar refractivity (Wildman–Crippen MR) is 117 cm³/mol. The van der Waals surface area contributed by atoms with Gasteiger partial charge in [-0.3, -0.25) is 14.5 Å². The van der Waals surface area contributed by atoms with E-state index in [1.54, 1.807) is 30.5 Å². The van der Waals surface area contributed by atoms with E-state index in [9.17, 15) is 9.59 Å². The van der Waals surface area contributed by atoms with Crippen molar-refractivity contribution in [3.63, 3.8) is 0 Å². The molecule has 2 N–H and O–H groups in total. The SMILES string of the molecule is O=C(NCCCN1CCOCC1)/C(=C/c1cccnc1Cl)C(=O)Nc1ccccc1. The highest BCUT2D eigenvalue weighted by Gasteiger charge is 2.19. The lowest BCUT2D eigenvalue weighted by molar-refractivity contribution is -0.121. The Balaban J connectivity index is 1.66. The Labute approximate surface area is 181 Å². The molecular formula is C22H25ClN4O3. The van der Waals surface area contributed by atoms with Gasteiger partial charge >= 0.3 is 0 Å². The number of nitrogens with zero attached hydrogens (tertiary/aromatic N) is 2. The van der Waals surface area contributed by atoms with Gasteiger partial charge in [0, 0.05) is 37.1 Å². The highest BCUT2D eigenvalue weighted by Crippen LogP contribution is 2.17. The summed E-state index contributed by atoms with van der Waals surface area (Å²) < 4.78 is 5.34. The van der Waals surface area contributed by atoms with Crippen LogP contribution in [0, 0.1) is 0 Å². The molecule has 0 unspecified atom stereocenters. The average Bonchev–Trinajstić information content (AvgIpc) is 2.77. The number of anilines is 1. The minimum absolute atomic E-state index is 0.0277. The van der Waals surface area contributed by atoms with Crippen LogP contribution in [0.2, 0.25) is 5.15 Å². The molecule has 30 heavy (non-hydrogen) atoms. The van der Waals surface area contributed by atoms with Crippen molar-refractivity contribution in [1.82, 2.24) is 15.2 Å². The van der Waals surface area contributed by atoms with Crippen LogP contribution in [0.3, 0.4) is 0 Å². The maximum atomic E-state index is 12.8. The van der Waals surface area contributed by atoms with Gasteiger partial charge in [-0.1, -0.05) is 35.9 Å². The molecule has 0 radical (unpaired) electrons. The van der Waals surface area contributed by atoms with Gasteiger partial charge in [0.25, 0.3) is 11.8 Å². The summed E-state index contributed by atoms with van der Waals surface area (Å²) in [6.45, 7) is 4.62. The van der Waals surface area contributed by atoms with Crippen molar-refractivity contribution in [2.45, 2.75) is 6.42 Å². The molecule has 2 amide bonds. The lowest BCUT2D eigenvalue weighted by atomic mass is 10.1. The number of hydrogen-bond donors (Lipinski definition) is 2. The van der Waals surface area contributed by atoms with Crippen LogP contribution >= 0.6 is 11.6 Å². The molecule has 0 spiro atoms. The Bertz CT molecular complexity index is 883. The minimum atomic E-state index is -0.508. The van der Waals surface area contributed by atoms with E-state index < -0.39 is 11.8 Å². The van der Waals surface area contributed by atoms with Crippen LogP contribution < -0.4 is 10.6 Å². The number of morpholine rings is 1. The summed E-state index contributed by atoms with van der Waals surface area (Å²) >= 11 is 6.12. The second-order valence-electron chi connectivity index (χ2n) is 6.83. The van der Waals surface area contributed by atoms with Gasteiger partial charge in [0.2, 0.25) is 0 Å². The minimum Gasteiger partial charge on any atom is -0.379 e. The number of benzene rings is 1. The molecule has 7 nitrogen and oxygen atoms in total. The summed E-state index contributed by atoms with van der Waals surface area (Å²) in [6, 6.07) is 12.4. The van der Waals surface area contributed by atoms with Gasteiger partial charge < -0.3 is 15.4 Å². The number of aromatic nitrogens is 1. The molecular weight excluding hydrogens is 404 g/mol. The topological polar surface area (TPSA) is 83.6 Å². The molecule has 2 heterocycles. The largest absolute Gasteiger partial charge is 0.379 e. The molecule has 0 saturated carbocycles. The highest BCUT2D eigenvalue weighted by atomic mass is 35.5. The van der Waals surface area contributed by atoms with Gasteiger partial charge in [0.15, 0.2) is 0 Å². The van der Waals surface area contributed by atoms with Crippen molar-refractivity contribution in [2.75, 3.05) is 44.7 Å². The number of halogens is 1. The number of para-hydroxylation sites is 1. The molecule has 1 aliphatic rings. The van der Waals surface area contributed by atoms with E-state index in [-0.39, 0.29) is 10.7 Å². The molecule has 158 valence electrons. The number of pyridine rings is 1. The van der Waals surface area contributed by atoms with E-state index in [0.717, 1.165) is 39.3 Å². The molecule has 1 aromatic carbocycles. The maximum absolute atomic E-state index is 12.8. The molecule has 2 aromatic rings. The van der Waals surface area contributed by atoms with Crippen LogP contribution in [-0.2, 0) is 14.3 Å². The first-order chi connectivity index (χ1) is 14.6. The Kier molecular flexibility index (Phi) is 8.38. The van der Waals surface area contributed by atoms with Crippen LogP contribution in [-0.4, -0.2) is 61.1 Å². The second kappa shape index (κ2) is 11.4. The van der Waals surface area contributed by atoms with E-state index in [1.807, 2.05) is 18.2 Å². The Hall–Kier alpha value is -2.74. The molecule has 1 aromatic heterocycles. The molecule has 1 aliphatic heterocycles. The third-order valence-electron chi connectivity index (χ3n) is 4.65. The summed E-state index contributed by atoms with van der Waals surface area (Å²) in [5, 5.41) is 5.82. The van der Waals surface area contributed by atoms with Crippen molar-refractivity contribution in [3.8, 4) is 0 Å². The van der Waals surface area contributed by atoms with E-state index >= 15 is 0 Å². The number of carbonyl (C=O) groups is 2. The maximum Gasteiger partial charge on any atom is 0.261 e. The molecule has 3 rings (SSSR count). The van der Waals surface area contributed by atoms with Crippen LogP contribution in [0.4, 0.5) is 5.69 Å². The number of amides is 2. The van der Waals surface area contributed by atoms with Crippen molar-refractivity contribution in [2.24, 2.45) is 0 Å². The van der Waals surface area contributed by atoms with Crippen LogP contribution in [0.15, 0.2) is 54.2 Å². The van der Waals surface area contributed by atoms with Gasteiger partial charge in [-0.25, -0.2) is 4.98 Å². The van der Waals surface area contributed by atoms with Crippen LogP contribution in [0.1, 0.15) is 12.0 Å². The number of rotatable bonds is 8. The Morgan fingerprint density at radius 2 is 1.87 bits per heavy atom. The van der Waals surface area contributed by atoms with Crippen molar-refractivity contribution in [3.05, 3.63) is 65.0 Å². The second-order valence-corrected chi connectivity index (χ2v) is 7.18. The van der Waals surface area contributed by atoms with E-state index in [1.165, 1.54) is 6.08 Å². The average molecular weight is 429 g/mol. The van der Waals surface area contributed by atoms with Crippen molar-refractivity contribution in [1.29, 1.82) is 0 Å². The number of carbonyl (C=O) groups excluding carboxylic acids is 2. The monoisotopic (exact) mass is 428 g/mol. The third kappa shape index (κ3) is 6.66. The van der Waals surface area contributed by atoms with E-state index in [0.29, 0.717) is 17.8 Å². The fraction of sp³-hybridized carbons (Fsp3) is 0.318. The third-order valence-corrected chi connectivity index (χ3v) is 4.96. The van der Waals surface area contributed by atoms with Gasteiger partial charge in [-0.2, -0.15) is 0 Å². The molecule has 0 atom stereocenters. The van der Waals surface area contributed by atoms with E-state index in [2.05, 4.69) is 20.5 Å². The van der Waals surface area contributed by atoms with Gasteiger partial charge in [-0.15, -0.1) is 0 Å². The highest BCUT2D eigenvalue weighted by molar-refractivity contribution is 6.32. The fourth-order valence-corrected chi connectivity index (χ4v) is 3.21. The summed E-state index contributed by atoms with van der Waals surface area (Å²) in [5.41, 5.74) is 1.08. The molecule has 1 saturated heterocycles. The quantitative estimate of drug-likeness (QED) is 0.222. The summed E-state index contributed by atoms with van der Waals surface area (Å²) in [6.07, 6.45) is 3.80. The smallest absolute Gasteiger partial charge is 0.261 e. The zero-order valence-electron chi connectivity index (χ0n) is 16.6. The molecule has 1 fully saturated rings. The standard InChI is InChI=1S/C22H25ClN4O3/c23-20-17(6-4-9-24-20)16-19(22(29)26-18-7-2-1-3-8-18)21(28)25-10-5-11-27-12-14-30-15-13-27/h1-4,6-9,16H,5,10-15H2,(H,25,28)(H,26,29)/b19-16-. The summed E-state index contributed by atoms with van der Waals surface area (Å²) in [7, 11) is 0. The zero-order chi connectivity index (χ0) is 21.2. The normalized spacial score (nSPS) is 14.9. The Morgan fingerprint density at radius 1 is 1.10 bits per heavy atom. The van der Waals surface area contributed by atoms with Gasteiger partial charge in [-0.05, 0) is 37.2 Å². The molecule has 8 heteroatoms. The first-order valence-electron chi connectivity index (χ1n) is 9.90. The van der Waals surface area contributed by atoms with Gasteiger partial charge in [0.05, 0.1) is 13.2 Å². The summed E-state index contributed by atoms with van der Waals surface area (Å²) in [5.74, 6) is -0.961. The van der Waals surface area contributed by atoms with Crippen molar-refractivity contribution < 1.29 is 14.3 Å². The van der Waals surface area contributed by atoms with Crippen LogP contribution in [0.5, 0.6) is 0 Å².